The molecule has 3 nitrogen and oxygen atoms in total. The first-order chi connectivity index (χ1) is 13.7. The molecule has 1 aromatic heterocycles. The predicted molar refractivity (Wildman–Crippen MR) is 111 cm³/mol. The van der Waals surface area contributed by atoms with Crippen molar-refractivity contribution in [3.8, 4) is 5.88 Å². The maximum Gasteiger partial charge on any atom is 0.203 e. The molecular weight excluding hydrogens is 353 g/mol. The lowest BCUT2D eigenvalue weighted by atomic mass is 9.97. The van der Waals surface area contributed by atoms with E-state index in [4.69, 9.17) is 0 Å². The molecule has 4 heteroatoms. The van der Waals surface area contributed by atoms with Gasteiger partial charge in [-0.3, -0.25) is 9.18 Å². The van der Waals surface area contributed by atoms with E-state index in [1.807, 2.05) is 60.7 Å². The number of ketones is 1. The number of nitrogens with zero attached hydrogens (tertiary/aromatic N) is 1. The maximum absolute atomic E-state index is 13.5. The second-order valence-electron chi connectivity index (χ2n) is 6.97. The molecule has 0 saturated heterocycles. The number of hydrogen-bond acceptors (Lipinski definition) is 2. The van der Waals surface area contributed by atoms with Crippen LogP contribution in [0.15, 0.2) is 66.7 Å². The number of benzene rings is 3. The normalized spacial score (nSPS) is 11.3. The number of aromatic hydroxyl groups is 1. The summed E-state index contributed by atoms with van der Waals surface area (Å²) in [6.07, 6.45) is 2.01. The van der Waals surface area contributed by atoms with Gasteiger partial charge in [0.15, 0.2) is 5.78 Å². The first-order valence-corrected chi connectivity index (χ1v) is 9.61. The summed E-state index contributed by atoms with van der Waals surface area (Å²) >= 11 is 0. The summed E-state index contributed by atoms with van der Waals surface area (Å²) in [5, 5.41) is 13.5. The van der Waals surface area contributed by atoms with E-state index in [1.54, 1.807) is 10.6 Å². The van der Waals surface area contributed by atoms with E-state index in [1.165, 1.54) is 0 Å². The minimum Gasteiger partial charge on any atom is -0.494 e. The average Bonchev–Trinajstić information content (AvgIpc) is 3.01. The summed E-state index contributed by atoms with van der Waals surface area (Å²) in [5.41, 5.74) is 1.73. The Labute approximate surface area is 163 Å². The number of carbonyl (C=O) groups excluding carboxylic acids is 1. The highest BCUT2D eigenvalue weighted by molar-refractivity contribution is 6.22. The fraction of sp³-hybridized carbons (Fsp3) is 0.208. The number of aryl methyl sites for hydroxylation is 1. The highest BCUT2D eigenvalue weighted by Gasteiger charge is 2.24. The molecule has 0 fully saturated rings. The molecule has 0 spiro atoms. The number of unbranched alkanes of at least 4 members (excludes halogenated alkanes) is 2. The molecule has 0 atom stereocenters. The summed E-state index contributed by atoms with van der Waals surface area (Å²) in [6, 6.07) is 20.9. The van der Waals surface area contributed by atoms with E-state index in [0.717, 1.165) is 34.5 Å². The van der Waals surface area contributed by atoms with Gasteiger partial charge in [-0.05, 0) is 36.1 Å². The number of hydrogen-bond donors (Lipinski definition) is 1. The number of carbonyl (C=O) groups is 1. The highest BCUT2D eigenvalue weighted by Crippen LogP contribution is 2.34. The monoisotopic (exact) mass is 375 g/mol. The van der Waals surface area contributed by atoms with Crippen molar-refractivity contribution in [2.45, 2.75) is 25.8 Å². The third-order valence-corrected chi connectivity index (χ3v) is 5.22. The Hall–Kier alpha value is -3.14. The molecule has 0 aliphatic rings. The van der Waals surface area contributed by atoms with E-state index in [0.29, 0.717) is 24.1 Å². The second kappa shape index (κ2) is 7.85. The number of fused-ring (bicyclic) bond motifs is 2. The summed E-state index contributed by atoms with van der Waals surface area (Å²) < 4.78 is 14.1. The predicted octanol–water partition coefficient (Wildman–Crippen LogP) is 5.87. The van der Waals surface area contributed by atoms with Gasteiger partial charge >= 0.3 is 0 Å². The minimum absolute atomic E-state index is 0.0145. The molecule has 0 bridgehead atoms. The number of para-hydroxylation sites is 1. The Bertz CT molecular complexity index is 1140. The number of rotatable bonds is 7. The molecule has 0 amide bonds. The van der Waals surface area contributed by atoms with Crippen molar-refractivity contribution >= 4 is 27.5 Å². The van der Waals surface area contributed by atoms with Crippen LogP contribution in [0.25, 0.3) is 21.7 Å². The summed E-state index contributed by atoms with van der Waals surface area (Å²) in [4.78, 5) is 13.5. The molecule has 4 aromatic rings. The SMILES string of the molecule is O=C(c1cccc2ccccc12)c1c(O)n(CCCCCF)c2ccccc12. The van der Waals surface area contributed by atoms with Crippen LogP contribution in [-0.4, -0.2) is 22.1 Å². The molecule has 0 aliphatic heterocycles. The Balaban J connectivity index is 1.82. The van der Waals surface area contributed by atoms with Gasteiger partial charge in [-0.25, -0.2) is 0 Å². The lowest BCUT2D eigenvalue weighted by Crippen LogP contribution is -2.03. The zero-order valence-electron chi connectivity index (χ0n) is 15.6. The van der Waals surface area contributed by atoms with Crippen molar-refractivity contribution in [3.05, 3.63) is 77.9 Å². The fourth-order valence-electron chi connectivity index (χ4n) is 3.84. The molecule has 0 radical (unpaired) electrons. The summed E-state index contributed by atoms with van der Waals surface area (Å²) in [6.45, 7) is 0.221. The van der Waals surface area contributed by atoms with Crippen LogP contribution in [0.3, 0.4) is 0 Å². The van der Waals surface area contributed by atoms with E-state index in [2.05, 4.69) is 0 Å². The van der Waals surface area contributed by atoms with Gasteiger partial charge in [0.2, 0.25) is 5.88 Å². The molecule has 4 rings (SSSR count). The van der Waals surface area contributed by atoms with Gasteiger partial charge in [-0.15, -0.1) is 0 Å². The third-order valence-electron chi connectivity index (χ3n) is 5.22. The van der Waals surface area contributed by atoms with Crippen LogP contribution >= 0.6 is 0 Å². The number of alkyl halides is 1. The first kappa shape index (κ1) is 18.2. The van der Waals surface area contributed by atoms with E-state index >= 15 is 0 Å². The lowest BCUT2D eigenvalue weighted by molar-refractivity contribution is 0.103. The molecule has 0 saturated carbocycles. The van der Waals surface area contributed by atoms with Crippen LogP contribution in [0.5, 0.6) is 5.88 Å². The maximum atomic E-state index is 13.5. The molecule has 1 N–H and O–H groups in total. The van der Waals surface area contributed by atoms with Gasteiger partial charge in [0.05, 0.1) is 17.8 Å². The first-order valence-electron chi connectivity index (χ1n) is 9.61. The van der Waals surface area contributed by atoms with Crippen molar-refractivity contribution in [2.24, 2.45) is 0 Å². The van der Waals surface area contributed by atoms with Gasteiger partial charge < -0.3 is 9.67 Å². The Morgan fingerprint density at radius 2 is 1.57 bits per heavy atom. The smallest absolute Gasteiger partial charge is 0.203 e. The van der Waals surface area contributed by atoms with Crippen molar-refractivity contribution in [2.75, 3.05) is 6.67 Å². The van der Waals surface area contributed by atoms with Gasteiger partial charge in [0.1, 0.15) is 0 Å². The zero-order chi connectivity index (χ0) is 19.5. The van der Waals surface area contributed by atoms with Crippen LogP contribution in [0.1, 0.15) is 35.2 Å². The van der Waals surface area contributed by atoms with Gasteiger partial charge in [-0.2, -0.15) is 0 Å². The largest absolute Gasteiger partial charge is 0.494 e. The Kier molecular flexibility index (Phi) is 5.11. The van der Waals surface area contributed by atoms with Gasteiger partial charge in [-0.1, -0.05) is 60.7 Å². The van der Waals surface area contributed by atoms with Crippen LogP contribution in [0, 0.1) is 0 Å². The summed E-state index contributed by atoms with van der Waals surface area (Å²) in [5.74, 6) is -0.201. The molecular formula is C24H22FNO2. The lowest BCUT2D eigenvalue weighted by Gasteiger charge is -2.08. The summed E-state index contributed by atoms with van der Waals surface area (Å²) in [7, 11) is 0. The molecule has 3 aromatic carbocycles. The Morgan fingerprint density at radius 1 is 0.857 bits per heavy atom. The van der Waals surface area contributed by atoms with Crippen molar-refractivity contribution in [3.63, 3.8) is 0 Å². The third kappa shape index (κ3) is 3.15. The van der Waals surface area contributed by atoms with Crippen molar-refractivity contribution < 1.29 is 14.3 Å². The van der Waals surface area contributed by atoms with E-state index in [-0.39, 0.29) is 18.3 Å². The topological polar surface area (TPSA) is 42.2 Å². The van der Waals surface area contributed by atoms with Crippen LogP contribution in [-0.2, 0) is 6.54 Å². The number of halogens is 1. The second-order valence-corrected chi connectivity index (χ2v) is 6.97. The standard InChI is InChI=1S/C24H22FNO2/c25-15-6-1-7-16-26-21-14-5-4-12-20(21)22(24(26)28)23(27)19-13-8-10-17-9-2-3-11-18(17)19/h2-5,8-14,28H,1,6-7,15-16H2. The molecule has 142 valence electrons. The number of aromatic nitrogens is 1. The molecule has 0 aliphatic carbocycles. The Morgan fingerprint density at radius 3 is 2.39 bits per heavy atom. The molecule has 1 heterocycles. The van der Waals surface area contributed by atoms with Crippen LogP contribution in [0.2, 0.25) is 0 Å². The van der Waals surface area contributed by atoms with E-state index < -0.39 is 0 Å². The zero-order valence-corrected chi connectivity index (χ0v) is 15.6. The van der Waals surface area contributed by atoms with Gasteiger partial charge in [0.25, 0.3) is 0 Å². The van der Waals surface area contributed by atoms with Crippen LogP contribution < -0.4 is 0 Å². The quantitative estimate of drug-likeness (QED) is 0.324. The molecule has 28 heavy (non-hydrogen) atoms. The molecule has 0 unspecified atom stereocenters. The van der Waals surface area contributed by atoms with Gasteiger partial charge in [0, 0.05) is 17.5 Å². The minimum atomic E-state index is -0.330. The van der Waals surface area contributed by atoms with Crippen molar-refractivity contribution in [1.82, 2.24) is 4.57 Å². The fourth-order valence-corrected chi connectivity index (χ4v) is 3.84. The van der Waals surface area contributed by atoms with E-state index in [9.17, 15) is 14.3 Å². The van der Waals surface area contributed by atoms with Crippen molar-refractivity contribution in [1.29, 1.82) is 0 Å². The van der Waals surface area contributed by atoms with Crippen LogP contribution in [0.4, 0.5) is 4.39 Å². The average molecular weight is 375 g/mol. The highest BCUT2D eigenvalue weighted by atomic mass is 19.1.